The van der Waals surface area contributed by atoms with Crippen molar-refractivity contribution in [2.75, 3.05) is 18.9 Å². The molecular formula is C14H21N3O5S. The molecule has 1 aromatic rings. The van der Waals surface area contributed by atoms with Crippen molar-refractivity contribution >= 4 is 27.7 Å². The van der Waals surface area contributed by atoms with Gasteiger partial charge < -0.3 is 15.0 Å². The molecule has 2 amide bonds. The van der Waals surface area contributed by atoms with E-state index in [2.05, 4.69) is 5.32 Å². The van der Waals surface area contributed by atoms with Crippen molar-refractivity contribution in [1.82, 2.24) is 4.90 Å². The minimum atomic E-state index is -3.85. The van der Waals surface area contributed by atoms with Crippen LogP contribution in [0.25, 0.3) is 0 Å². The lowest BCUT2D eigenvalue weighted by Crippen LogP contribution is -2.38. The number of nitrogens with zero attached hydrogens (tertiary/aromatic N) is 1. The molecule has 0 atom stereocenters. The van der Waals surface area contributed by atoms with E-state index in [0.717, 1.165) is 4.90 Å². The average molecular weight is 343 g/mol. The summed E-state index contributed by atoms with van der Waals surface area (Å²) in [7, 11) is -2.43. The van der Waals surface area contributed by atoms with Gasteiger partial charge >= 0.3 is 6.09 Å². The fraction of sp³-hybridized carbons (Fsp3) is 0.429. The van der Waals surface area contributed by atoms with E-state index < -0.39 is 27.6 Å². The lowest BCUT2D eigenvalue weighted by atomic mass is 10.2. The lowest BCUT2D eigenvalue weighted by molar-refractivity contribution is -0.117. The molecule has 8 nitrogen and oxygen atoms in total. The summed E-state index contributed by atoms with van der Waals surface area (Å²) in [5.41, 5.74) is -0.398. The maximum absolute atomic E-state index is 11.9. The van der Waals surface area contributed by atoms with Crippen LogP contribution in [0.5, 0.6) is 0 Å². The molecule has 0 heterocycles. The van der Waals surface area contributed by atoms with E-state index in [9.17, 15) is 18.0 Å². The topological polar surface area (TPSA) is 119 Å². The Hall–Kier alpha value is -2.13. The minimum absolute atomic E-state index is 0.115. The number of carbonyl (C=O) groups is 2. The Morgan fingerprint density at radius 1 is 1.30 bits per heavy atom. The molecule has 0 aliphatic carbocycles. The largest absolute Gasteiger partial charge is 0.444 e. The van der Waals surface area contributed by atoms with Gasteiger partial charge in [-0.05, 0) is 39.0 Å². The fourth-order valence-electron chi connectivity index (χ4n) is 1.57. The van der Waals surface area contributed by atoms with E-state index in [1.807, 2.05) is 0 Å². The highest BCUT2D eigenvalue weighted by molar-refractivity contribution is 7.89. The van der Waals surface area contributed by atoms with Crippen molar-refractivity contribution in [1.29, 1.82) is 0 Å². The summed E-state index contributed by atoms with van der Waals surface area (Å²) in [5, 5.41) is 7.52. The molecular weight excluding hydrogens is 322 g/mol. The molecule has 0 saturated carbocycles. The second-order valence-corrected chi connectivity index (χ2v) is 7.52. The third-order valence-electron chi connectivity index (χ3n) is 2.53. The van der Waals surface area contributed by atoms with Crippen molar-refractivity contribution < 1.29 is 22.7 Å². The summed E-state index contributed by atoms with van der Waals surface area (Å²) >= 11 is 0. The van der Waals surface area contributed by atoms with Crippen molar-refractivity contribution in [3.63, 3.8) is 0 Å². The molecule has 128 valence electrons. The van der Waals surface area contributed by atoms with Crippen LogP contribution in [0.3, 0.4) is 0 Å². The van der Waals surface area contributed by atoms with Gasteiger partial charge in [0.15, 0.2) is 0 Å². The number of benzene rings is 1. The number of carbonyl (C=O) groups excluding carboxylic acids is 2. The standard InChI is InChI=1S/C14H21N3O5S/c1-14(2,3)22-13(19)17(4)9-12(18)16-10-6-5-7-11(8-10)23(15,20)21/h5-8H,9H2,1-4H3,(H,16,18)(H2,15,20,21). The third-order valence-corrected chi connectivity index (χ3v) is 3.44. The first-order chi connectivity index (χ1) is 10.4. The molecule has 0 unspecified atom stereocenters. The third kappa shape index (κ3) is 6.66. The van der Waals surface area contributed by atoms with Crippen LogP contribution in [0, 0.1) is 0 Å². The Morgan fingerprint density at radius 2 is 1.91 bits per heavy atom. The van der Waals surface area contributed by atoms with Crippen LogP contribution >= 0.6 is 0 Å². The number of anilines is 1. The smallest absolute Gasteiger partial charge is 0.410 e. The minimum Gasteiger partial charge on any atom is -0.444 e. The first-order valence-corrected chi connectivity index (χ1v) is 8.30. The van der Waals surface area contributed by atoms with Gasteiger partial charge in [-0.1, -0.05) is 6.07 Å². The summed E-state index contributed by atoms with van der Waals surface area (Å²) in [6.07, 6.45) is -0.633. The molecule has 0 aliphatic rings. The van der Waals surface area contributed by atoms with Crippen molar-refractivity contribution in [3.05, 3.63) is 24.3 Å². The molecule has 0 radical (unpaired) electrons. The first-order valence-electron chi connectivity index (χ1n) is 6.75. The second kappa shape index (κ2) is 6.97. The molecule has 0 aliphatic heterocycles. The van der Waals surface area contributed by atoms with E-state index in [0.29, 0.717) is 0 Å². The number of likely N-dealkylation sites (N-methyl/N-ethyl adjacent to an activating group) is 1. The highest BCUT2D eigenvalue weighted by atomic mass is 32.2. The monoisotopic (exact) mass is 343 g/mol. The zero-order valence-corrected chi connectivity index (χ0v) is 14.3. The van der Waals surface area contributed by atoms with Crippen LogP contribution < -0.4 is 10.5 Å². The molecule has 0 saturated heterocycles. The van der Waals surface area contributed by atoms with Crippen LogP contribution in [0.1, 0.15) is 20.8 Å². The number of hydrogen-bond donors (Lipinski definition) is 2. The van der Waals surface area contributed by atoms with Crippen molar-refractivity contribution in [2.24, 2.45) is 5.14 Å². The summed E-state index contributed by atoms with van der Waals surface area (Å²) in [6.45, 7) is 4.92. The van der Waals surface area contributed by atoms with Crippen LogP contribution in [0.2, 0.25) is 0 Å². The van der Waals surface area contributed by atoms with E-state index in [-0.39, 0.29) is 17.1 Å². The Labute approximate surface area is 135 Å². The van der Waals surface area contributed by atoms with Gasteiger partial charge in [-0.25, -0.2) is 18.4 Å². The Bertz CT molecular complexity index is 695. The number of hydrogen-bond acceptors (Lipinski definition) is 5. The summed E-state index contributed by atoms with van der Waals surface area (Å²) in [4.78, 5) is 24.7. The van der Waals surface area contributed by atoms with E-state index in [4.69, 9.17) is 9.88 Å². The van der Waals surface area contributed by atoms with Crippen molar-refractivity contribution in [2.45, 2.75) is 31.3 Å². The zero-order valence-electron chi connectivity index (χ0n) is 13.5. The molecule has 0 bridgehead atoms. The van der Waals surface area contributed by atoms with Gasteiger partial charge in [-0.3, -0.25) is 4.79 Å². The second-order valence-electron chi connectivity index (χ2n) is 5.96. The van der Waals surface area contributed by atoms with Gasteiger partial charge in [0.05, 0.1) is 4.90 Å². The van der Waals surface area contributed by atoms with Crippen LogP contribution in [-0.2, 0) is 19.6 Å². The van der Waals surface area contributed by atoms with Gasteiger partial charge in [0.25, 0.3) is 0 Å². The molecule has 23 heavy (non-hydrogen) atoms. The van der Waals surface area contributed by atoms with E-state index in [1.54, 1.807) is 20.8 Å². The number of sulfonamides is 1. The maximum Gasteiger partial charge on any atom is 0.410 e. The van der Waals surface area contributed by atoms with Crippen LogP contribution in [0.4, 0.5) is 10.5 Å². The SMILES string of the molecule is CN(CC(=O)Nc1cccc(S(N)(=O)=O)c1)C(=O)OC(C)(C)C. The number of rotatable bonds is 4. The highest BCUT2D eigenvalue weighted by Gasteiger charge is 2.21. The Morgan fingerprint density at radius 3 is 2.43 bits per heavy atom. The molecule has 0 fully saturated rings. The van der Waals surface area contributed by atoms with E-state index in [1.165, 1.54) is 31.3 Å². The zero-order chi connectivity index (χ0) is 17.8. The van der Waals surface area contributed by atoms with Crippen LogP contribution in [-0.4, -0.2) is 44.5 Å². The number of primary sulfonamides is 1. The highest BCUT2D eigenvalue weighted by Crippen LogP contribution is 2.14. The van der Waals surface area contributed by atoms with Crippen LogP contribution in [0.15, 0.2) is 29.2 Å². The van der Waals surface area contributed by atoms with Gasteiger partial charge in [0.2, 0.25) is 15.9 Å². The molecule has 1 aromatic carbocycles. The average Bonchev–Trinajstić information content (AvgIpc) is 2.35. The molecule has 3 N–H and O–H groups in total. The lowest BCUT2D eigenvalue weighted by Gasteiger charge is -2.24. The number of nitrogens with one attached hydrogen (secondary N) is 1. The fourth-order valence-corrected chi connectivity index (χ4v) is 2.13. The van der Waals surface area contributed by atoms with Crippen molar-refractivity contribution in [3.8, 4) is 0 Å². The van der Waals surface area contributed by atoms with Gasteiger partial charge in [-0.2, -0.15) is 0 Å². The summed E-state index contributed by atoms with van der Waals surface area (Å²) in [6, 6.07) is 5.52. The predicted molar refractivity (Wildman–Crippen MR) is 85.3 cm³/mol. The normalized spacial score (nSPS) is 11.7. The van der Waals surface area contributed by atoms with Gasteiger partial charge in [0, 0.05) is 12.7 Å². The maximum atomic E-state index is 11.9. The number of amides is 2. The Balaban J connectivity index is 2.69. The number of ether oxygens (including phenoxy) is 1. The first kappa shape index (κ1) is 18.9. The van der Waals surface area contributed by atoms with E-state index >= 15 is 0 Å². The van der Waals surface area contributed by atoms with Gasteiger partial charge in [0.1, 0.15) is 12.1 Å². The number of nitrogens with two attached hydrogens (primary N) is 1. The molecule has 1 rings (SSSR count). The molecule has 0 aromatic heterocycles. The van der Waals surface area contributed by atoms with Gasteiger partial charge in [-0.15, -0.1) is 0 Å². The molecule has 0 spiro atoms. The summed E-state index contributed by atoms with van der Waals surface area (Å²) < 4.78 is 27.7. The molecule has 9 heteroatoms. The summed E-state index contributed by atoms with van der Waals surface area (Å²) in [5.74, 6) is -0.495. The Kier molecular flexibility index (Phi) is 5.73. The quantitative estimate of drug-likeness (QED) is 0.849. The predicted octanol–water partition coefficient (Wildman–Crippen LogP) is 1.14.